The van der Waals surface area contributed by atoms with E-state index in [2.05, 4.69) is 15.3 Å². The van der Waals surface area contributed by atoms with Crippen molar-refractivity contribution in [2.75, 3.05) is 37.6 Å². The van der Waals surface area contributed by atoms with Crippen LogP contribution in [0.15, 0.2) is 12.3 Å². The Hall–Kier alpha value is -1.07. The third-order valence-corrected chi connectivity index (χ3v) is 1.83. The van der Waals surface area contributed by atoms with Crippen molar-refractivity contribution >= 4 is 17.5 Å². The van der Waals surface area contributed by atoms with E-state index in [0.29, 0.717) is 44.1 Å². The van der Waals surface area contributed by atoms with Gasteiger partial charge in [0, 0.05) is 24.7 Å². The van der Waals surface area contributed by atoms with E-state index in [1.54, 1.807) is 12.3 Å². The van der Waals surface area contributed by atoms with Crippen LogP contribution in [0, 0.1) is 0 Å². The van der Waals surface area contributed by atoms with E-state index >= 15 is 0 Å². The van der Waals surface area contributed by atoms with Gasteiger partial charge >= 0.3 is 0 Å². The zero-order valence-electron chi connectivity index (χ0n) is 9.28. The van der Waals surface area contributed by atoms with E-state index in [1.807, 2.05) is 6.92 Å². The van der Waals surface area contributed by atoms with E-state index in [0.717, 1.165) is 0 Å². The van der Waals surface area contributed by atoms with E-state index in [1.165, 1.54) is 0 Å². The lowest BCUT2D eigenvalue weighted by Gasteiger charge is -2.06. The van der Waals surface area contributed by atoms with Crippen LogP contribution in [0.3, 0.4) is 0 Å². The third-order valence-electron chi connectivity index (χ3n) is 1.67. The minimum absolute atomic E-state index is 0.510. The summed E-state index contributed by atoms with van der Waals surface area (Å²) in [7, 11) is 0. The first-order chi connectivity index (χ1) is 7.86. The number of rotatable bonds is 8. The maximum absolute atomic E-state index is 5.47. The monoisotopic (exact) mass is 245 g/mol. The Labute approximate surface area is 100 Å². The van der Waals surface area contributed by atoms with E-state index in [4.69, 9.17) is 21.1 Å². The van der Waals surface area contributed by atoms with Crippen molar-refractivity contribution in [1.29, 1.82) is 0 Å². The number of ether oxygens (including phenoxy) is 2. The fourth-order valence-corrected chi connectivity index (χ4v) is 1.16. The quantitative estimate of drug-likeness (QED) is 0.556. The van der Waals surface area contributed by atoms with E-state index in [-0.39, 0.29) is 0 Å². The standard InChI is InChI=1S/C10H16ClN3O2/c1-2-16-9-3-5-12-10(14-9)13-6-8-15-7-4-11/h3,5H,2,4,6-8H2,1H3,(H,12,13,14). The number of hydrogen-bond donors (Lipinski definition) is 1. The van der Waals surface area contributed by atoms with E-state index < -0.39 is 0 Å². The molecule has 0 atom stereocenters. The predicted octanol–water partition coefficient (Wildman–Crippen LogP) is 1.54. The molecule has 0 saturated heterocycles. The molecule has 0 radical (unpaired) electrons. The lowest BCUT2D eigenvalue weighted by Crippen LogP contribution is -2.12. The second-order valence-electron chi connectivity index (χ2n) is 2.88. The maximum Gasteiger partial charge on any atom is 0.226 e. The van der Waals surface area contributed by atoms with Gasteiger partial charge in [0.25, 0.3) is 0 Å². The van der Waals surface area contributed by atoms with Crippen molar-refractivity contribution in [2.45, 2.75) is 6.92 Å². The molecule has 1 heterocycles. The summed E-state index contributed by atoms with van der Waals surface area (Å²) >= 11 is 5.47. The molecule has 0 unspecified atom stereocenters. The van der Waals surface area contributed by atoms with Crippen molar-refractivity contribution in [1.82, 2.24) is 9.97 Å². The molecule has 1 aromatic heterocycles. The molecule has 1 aromatic rings. The molecular formula is C10H16ClN3O2. The Morgan fingerprint density at radius 2 is 2.31 bits per heavy atom. The average Bonchev–Trinajstić information content (AvgIpc) is 2.30. The Morgan fingerprint density at radius 3 is 3.06 bits per heavy atom. The van der Waals surface area contributed by atoms with Gasteiger partial charge in [-0.25, -0.2) is 4.98 Å². The summed E-state index contributed by atoms with van der Waals surface area (Å²) in [5.74, 6) is 1.62. The zero-order chi connectivity index (χ0) is 11.6. The first-order valence-corrected chi connectivity index (χ1v) is 5.73. The number of nitrogens with one attached hydrogen (secondary N) is 1. The molecule has 0 fully saturated rings. The van der Waals surface area contributed by atoms with Crippen molar-refractivity contribution < 1.29 is 9.47 Å². The lowest BCUT2D eigenvalue weighted by molar-refractivity contribution is 0.159. The molecule has 5 nitrogen and oxygen atoms in total. The molecule has 0 saturated carbocycles. The van der Waals surface area contributed by atoms with Gasteiger partial charge in [0.2, 0.25) is 11.8 Å². The van der Waals surface area contributed by atoms with Gasteiger partial charge < -0.3 is 14.8 Å². The van der Waals surface area contributed by atoms with Crippen molar-refractivity contribution in [3.8, 4) is 5.88 Å². The van der Waals surface area contributed by atoms with Crippen molar-refractivity contribution in [3.63, 3.8) is 0 Å². The topological polar surface area (TPSA) is 56.3 Å². The van der Waals surface area contributed by atoms with Gasteiger partial charge in [-0.2, -0.15) is 4.98 Å². The smallest absolute Gasteiger partial charge is 0.226 e. The Bertz CT molecular complexity index is 299. The Morgan fingerprint density at radius 1 is 1.44 bits per heavy atom. The second kappa shape index (κ2) is 8.13. The molecule has 0 aliphatic rings. The van der Waals surface area contributed by atoms with Gasteiger partial charge in [-0.05, 0) is 6.92 Å². The van der Waals surface area contributed by atoms with Crippen LogP contribution in [0.5, 0.6) is 5.88 Å². The molecular weight excluding hydrogens is 230 g/mol. The van der Waals surface area contributed by atoms with Crippen molar-refractivity contribution in [3.05, 3.63) is 12.3 Å². The fourth-order valence-electron chi connectivity index (χ4n) is 1.05. The van der Waals surface area contributed by atoms with Crippen molar-refractivity contribution in [2.24, 2.45) is 0 Å². The molecule has 0 bridgehead atoms. The number of nitrogens with zero attached hydrogens (tertiary/aromatic N) is 2. The molecule has 0 aliphatic carbocycles. The highest BCUT2D eigenvalue weighted by atomic mass is 35.5. The van der Waals surface area contributed by atoms with Crippen LogP contribution in [0.4, 0.5) is 5.95 Å². The van der Waals surface area contributed by atoms with Gasteiger partial charge in [0.05, 0.1) is 19.8 Å². The highest BCUT2D eigenvalue weighted by Gasteiger charge is 1.98. The molecule has 0 aliphatic heterocycles. The number of hydrogen-bond acceptors (Lipinski definition) is 5. The average molecular weight is 246 g/mol. The van der Waals surface area contributed by atoms with Crippen LogP contribution in [0.1, 0.15) is 6.92 Å². The summed E-state index contributed by atoms with van der Waals surface area (Å²) in [4.78, 5) is 8.21. The third kappa shape index (κ3) is 5.14. The van der Waals surface area contributed by atoms with Crippen LogP contribution >= 0.6 is 11.6 Å². The van der Waals surface area contributed by atoms with Gasteiger partial charge in [-0.1, -0.05) is 0 Å². The maximum atomic E-state index is 5.47. The van der Waals surface area contributed by atoms with Gasteiger partial charge in [0.15, 0.2) is 0 Å². The molecule has 6 heteroatoms. The SMILES string of the molecule is CCOc1ccnc(NCCOCCCl)n1. The molecule has 0 spiro atoms. The van der Waals surface area contributed by atoms with E-state index in [9.17, 15) is 0 Å². The normalized spacial score (nSPS) is 10.1. The highest BCUT2D eigenvalue weighted by Crippen LogP contribution is 2.07. The Kier molecular flexibility index (Phi) is 6.60. The summed E-state index contributed by atoms with van der Waals surface area (Å²) in [5.41, 5.74) is 0. The molecule has 1 N–H and O–H groups in total. The molecule has 0 amide bonds. The molecule has 16 heavy (non-hydrogen) atoms. The van der Waals surface area contributed by atoms with Crippen LogP contribution in [-0.4, -0.2) is 42.2 Å². The number of halogens is 1. The lowest BCUT2D eigenvalue weighted by atomic mass is 10.6. The predicted molar refractivity (Wildman–Crippen MR) is 63.2 cm³/mol. The summed E-state index contributed by atoms with van der Waals surface area (Å²) in [6.45, 7) is 4.29. The van der Waals surface area contributed by atoms with Gasteiger partial charge in [-0.3, -0.25) is 0 Å². The molecule has 0 aromatic carbocycles. The minimum atomic E-state index is 0.510. The van der Waals surface area contributed by atoms with Crippen LogP contribution in [0.25, 0.3) is 0 Å². The largest absolute Gasteiger partial charge is 0.478 e. The van der Waals surface area contributed by atoms with Gasteiger partial charge in [0.1, 0.15) is 0 Å². The van der Waals surface area contributed by atoms with Crippen LogP contribution in [-0.2, 0) is 4.74 Å². The van der Waals surface area contributed by atoms with Crippen LogP contribution in [0.2, 0.25) is 0 Å². The number of aromatic nitrogens is 2. The molecule has 90 valence electrons. The van der Waals surface area contributed by atoms with Gasteiger partial charge in [-0.15, -0.1) is 11.6 Å². The highest BCUT2D eigenvalue weighted by molar-refractivity contribution is 6.17. The molecule has 1 rings (SSSR count). The van der Waals surface area contributed by atoms with Crippen LogP contribution < -0.4 is 10.1 Å². The summed E-state index contributed by atoms with van der Waals surface area (Å²) in [5, 5.41) is 3.03. The summed E-state index contributed by atoms with van der Waals surface area (Å²) in [6.07, 6.45) is 1.65. The fraction of sp³-hybridized carbons (Fsp3) is 0.600. The first-order valence-electron chi connectivity index (χ1n) is 5.20. The second-order valence-corrected chi connectivity index (χ2v) is 3.26. The number of alkyl halides is 1. The Balaban J connectivity index is 2.27. The number of anilines is 1. The summed E-state index contributed by atoms with van der Waals surface area (Å²) in [6, 6.07) is 1.72. The summed E-state index contributed by atoms with van der Waals surface area (Å²) < 4.78 is 10.5. The minimum Gasteiger partial charge on any atom is -0.478 e. The zero-order valence-corrected chi connectivity index (χ0v) is 10.0. The first kappa shape index (κ1) is 13.0.